The molecule has 3 N–H and O–H groups in total. The molecule has 2 aromatic rings. The Balaban J connectivity index is 2.16. The topological polar surface area (TPSA) is 116 Å². The number of ether oxygens (including phenoxy) is 1. The van der Waals surface area contributed by atoms with E-state index >= 15 is 0 Å². The summed E-state index contributed by atoms with van der Waals surface area (Å²) in [5.74, 6) is -0.975. The maximum atomic E-state index is 12.2. The summed E-state index contributed by atoms with van der Waals surface area (Å²) in [5, 5.41) is 0. The number of sulfonamides is 1. The number of nitrogens with two attached hydrogens (primary N) is 1. The van der Waals surface area contributed by atoms with E-state index in [0.717, 1.165) is 10.5 Å². The number of halogens is 1. The third-order valence-electron chi connectivity index (χ3n) is 3.29. The monoisotopic (exact) mass is 438 g/mol. The Morgan fingerprint density at radius 1 is 1.15 bits per heavy atom. The molecule has 0 spiro atoms. The van der Waals surface area contributed by atoms with Gasteiger partial charge in [0.25, 0.3) is 15.9 Å². The Labute approximate surface area is 159 Å². The van der Waals surface area contributed by atoms with Crippen molar-refractivity contribution in [2.45, 2.75) is 4.90 Å². The van der Waals surface area contributed by atoms with Crippen LogP contribution in [-0.2, 0) is 14.8 Å². The fraction of sp³-hybridized carbons (Fsp3) is 0.0588. The number of nitrogens with one attached hydrogen (secondary N) is 1. The van der Waals surface area contributed by atoms with Gasteiger partial charge >= 0.3 is 0 Å². The average molecular weight is 439 g/mol. The van der Waals surface area contributed by atoms with Crippen molar-refractivity contribution in [3.8, 4) is 5.75 Å². The van der Waals surface area contributed by atoms with Crippen LogP contribution in [0.4, 0.5) is 0 Å². The number of rotatable bonds is 6. The van der Waals surface area contributed by atoms with Crippen molar-refractivity contribution in [2.75, 3.05) is 7.11 Å². The Morgan fingerprint density at radius 2 is 1.81 bits per heavy atom. The van der Waals surface area contributed by atoms with Crippen LogP contribution < -0.4 is 15.2 Å². The summed E-state index contributed by atoms with van der Waals surface area (Å²) in [4.78, 5) is 22.8. The second kappa shape index (κ2) is 8.15. The lowest BCUT2D eigenvalue weighted by molar-refractivity contribution is -0.114. The van der Waals surface area contributed by atoms with Crippen LogP contribution in [0.1, 0.15) is 15.9 Å². The molecule has 7 nitrogen and oxygen atoms in total. The van der Waals surface area contributed by atoms with E-state index in [4.69, 9.17) is 10.5 Å². The van der Waals surface area contributed by atoms with Crippen LogP contribution in [-0.4, -0.2) is 27.3 Å². The molecular weight excluding hydrogens is 424 g/mol. The van der Waals surface area contributed by atoms with Gasteiger partial charge in [0.1, 0.15) is 5.75 Å². The summed E-state index contributed by atoms with van der Waals surface area (Å²) in [7, 11) is -2.59. The Kier molecular flexibility index (Phi) is 6.17. The molecular formula is C17H15BrN2O5S. The highest BCUT2D eigenvalue weighted by atomic mass is 79.9. The molecule has 0 aliphatic heterocycles. The van der Waals surface area contributed by atoms with Gasteiger partial charge in [-0.3, -0.25) is 9.59 Å². The predicted octanol–water partition coefficient (Wildman–Crippen LogP) is 2.07. The SMILES string of the molecule is COc1ccc(Br)cc1/C=C/C(=O)NS(=O)(=O)c1ccc(C(N)=O)cc1. The Bertz CT molecular complexity index is 969. The first-order chi connectivity index (χ1) is 12.2. The zero-order chi connectivity index (χ0) is 19.3. The van der Waals surface area contributed by atoms with E-state index in [9.17, 15) is 18.0 Å². The third kappa shape index (κ3) is 4.93. The molecule has 0 saturated heterocycles. The molecule has 136 valence electrons. The van der Waals surface area contributed by atoms with Crippen molar-refractivity contribution in [2.24, 2.45) is 5.73 Å². The quantitative estimate of drug-likeness (QED) is 0.669. The van der Waals surface area contributed by atoms with Crippen molar-refractivity contribution in [3.63, 3.8) is 0 Å². The lowest BCUT2D eigenvalue weighted by Gasteiger charge is -2.06. The number of carbonyl (C=O) groups excluding carboxylic acids is 2. The summed E-state index contributed by atoms with van der Waals surface area (Å²) in [6, 6.07) is 10.1. The van der Waals surface area contributed by atoms with Crippen molar-refractivity contribution in [1.82, 2.24) is 4.72 Å². The second-order valence-electron chi connectivity index (χ2n) is 5.08. The minimum absolute atomic E-state index is 0.163. The maximum Gasteiger partial charge on any atom is 0.264 e. The van der Waals surface area contributed by atoms with Crippen molar-refractivity contribution < 1.29 is 22.7 Å². The van der Waals surface area contributed by atoms with Crippen LogP contribution in [0.2, 0.25) is 0 Å². The molecule has 26 heavy (non-hydrogen) atoms. The summed E-state index contributed by atoms with van der Waals surface area (Å²) < 4.78 is 32.3. The third-order valence-corrected chi connectivity index (χ3v) is 5.15. The van der Waals surface area contributed by atoms with Gasteiger partial charge in [-0.25, -0.2) is 13.1 Å². The van der Waals surface area contributed by atoms with Gasteiger partial charge in [-0.15, -0.1) is 0 Å². The predicted molar refractivity (Wildman–Crippen MR) is 100 cm³/mol. The van der Waals surface area contributed by atoms with Gasteiger partial charge in [-0.1, -0.05) is 15.9 Å². The number of amides is 2. The van der Waals surface area contributed by atoms with E-state index in [1.165, 1.54) is 37.5 Å². The van der Waals surface area contributed by atoms with Crippen LogP contribution in [0, 0.1) is 0 Å². The van der Waals surface area contributed by atoms with Crippen LogP contribution in [0.3, 0.4) is 0 Å². The lowest BCUT2D eigenvalue weighted by atomic mass is 10.2. The van der Waals surface area contributed by atoms with Gasteiger partial charge < -0.3 is 10.5 Å². The molecule has 2 rings (SSSR count). The zero-order valence-corrected chi connectivity index (χ0v) is 16.0. The highest BCUT2D eigenvalue weighted by Crippen LogP contribution is 2.24. The normalized spacial score (nSPS) is 11.3. The van der Waals surface area contributed by atoms with Crippen LogP contribution >= 0.6 is 15.9 Å². The first kappa shape index (κ1) is 19.7. The van der Waals surface area contributed by atoms with Crippen LogP contribution in [0.15, 0.2) is 57.9 Å². The summed E-state index contributed by atoms with van der Waals surface area (Å²) in [6.07, 6.45) is 2.52. The molecule has 0 aromatic heterocycles. The van der Waals surface area contributed by atoms with E-state index in [2.05, 4.69) is 15.9 Å². The van der Waals surface area contributed by atoms with Gasteiger partial charge in [0.05, 0.1) is 12.0 Å². The van der Waals surface area contributed by atoms with E-state index in [0.29, 0.717) is 11.3 Å². The number of hydrogen-bond acceptors (Lipinski definition) is 5. The number of primary amides is 1. The van der Waals surface area contributed by atoms with E-state index < -0.39 is 21.8 Å². The molecule has 0 saturated carbocycles. The molecule has 0 bridgehead atoms. The van der Waals surface area contributed by atoms with Crippen molar-refractivity contribution in [3.05, 3.63) is 64.1 Å². The first-order valence-corrected chi connectivity index (χ1v) is 9.49. The van der Waals surface area contributed by atoms with E-state index in [1.54, 1.807) is 18.2 Å². The number of hydrogen-bond donors (Lipinski definition) is 2. The molecule has 0 radical (unpaired) electrons. The van der Waals surface area contributed by atoms with Crippen molar-refractivity contribution in [1.29, 1.82) is 0 Å². The van der Waals surface area contributed by atoms with E-state index in [-0.39, 0.29) is 10.5 Å². The molecule has 0 atom stereocenters. The number of methoxy groups -OCH3 is 1. The molecule has 0 unspecified atom stereocenters. The zero-order valence-electron chi connectivity index (χ0n) is 13.6. The number of benzene rings is 2. The molecule has 9 heteroatoms. The minimum Gasteiger partial charge on any atom is -0.496 e. The maximum absolute atomic E-state index is 12.2. The smallest absolute Gasteiger partial charge is 0.264 e. The van der Waals surface area contributed by atoms with Gasteiger partial charge in [0.2, 0.25) is 5.91 Å². The summed E-state index contributed by atoms with van der Waals surface area (Å²) >= 11 is 3.31. The molecule has 2 aromatic carbocycles. The first-order valence-electron chi connectivity index (χ1n) is 7.21. The van der Waals surface area contributed by atoms with Gasteiger partial charge in [-0.05, 0) is 48.5 Å². The highest BCUT2D eigenvalue weighted by molar-refractivity contribution is 9.10. The number of carbonyl (C=O) groups is 2. The average Bonchev–Trinajstić information content (AvgIpc) is 2.59. The minimum atomic E-state index is -4.07. The fourth-order valence-electron chi connectivity index (χ4n) is 2.02. The van der Waals surface area contributed by atoms with Gasteiger partial charge in [-0.2, -0.15) is 0 Å². The standard InChI is InChI=1S/C17H15BrN2O5S/c1-25-15-8-5-13(18)10-12(15)4-9-16(21)20-26(23,24)14-6-2-11(3-7-14)17(19)22/h2-10H,1H3,(H2,19,22)(H,20,21)/b9-4+. The second-order valence-corrected chi connectivity index (χ2v) is 7.68. The highest BCUT2D eigenvalue weighted by Gasteiger charge is 2.16. The Hall–Kier alpha value is -2.65. The van der Waals surface area contributed by atoms with Gasteiger partial charge in [0, 0.05) is 21.7 Å². The largest absolute Gasteiger partial charge is 0.496 e. The Morgan fingerprint density at radius 3 is 2.38 bits per heavy atom. The van der Waals surface area contributed by atoms with Crippen molar-refractivity contribution >= 4 is 43.8 Å². The van der Waals surface area contributed by atoms with Crippen LogP contribution in [0.5, 0.6) is 5.75 Å². The summed E-state index contributed by atoms with van der Waals surface area (Å²) in [5.41, 5.74) is 5.86. The summed E-state index contributed by atoms with van der Waals surface area (Å²) in [6.45, 7) is 0. The fourth-order valence-corrected chi connectivity index (χ4v) is 3.35. The van der Waals surface area contributed by atoms with Crippen LogP contribution in [0.25, 0.3) is 6.08 Å². The molecule has 0 aliphatic rings. The molecule has 0 fully saturated rings. The molecule has 2 amide bonds. The van der Waals surface area contributed by atoms with Gasteiger partial charge in [0.15, 0.2) is 0 Å². The molecule has 0 heterocycles. The lowest BCUT2D eigenvalue weighted by Crippen LogP contribution is -2.29. The van der Waals surface area contributed by atoms with E-state index in [1.807, 2.05) is 4.72 Å². The molecule has 0 aliphatic carbocycles.